The Morgan fingerprint density at radius 2 is 2.00 bits per heavy atom. The smallest absolute Gasteiger partial charge is 0.221 e. The van der Waals surface area contributed by atoms with Gasteiger partial charge in [-0.2, -0.15) is 0 Å². The van der Waals surface area contributed by atoms with E-state index < -0.39 is 0 Å². The molecule has 0 saturated heterocycles. The Hall–Kier alpha value is -0.910. The molecule has 0 unspecified atom stereocenters. The van der Waals surface area contributed by atoms with Gasteiger partial charge in [0.25, 0.3) is 0 Å². The van der Waals surface area contributed by atoms with Gasteiger partial charge in [0.2, 0.25) is 5.95 Å². The van der Waals surface area contributed by atoms with E-state index in [9.17, 15) is 0 Å². The minimum absolute atomic E-state index is 0.165. The maximum atomic E-state index is 5.93. The first-order valence-corrected chi connectivity index (χ1v) is 5.55. The summed E-state index contributed by atoms with van der Waals surface area (Å²) in [6.45, 7) is 4.98. The summed E-state index contributed by atoms with van der Waals surface area (Å²) >= 11 is 5.93. The zero-order chi connectivity index (χ0) is 12.0. The number of aromatic nitrogens is 2. The van der Waals surface area contributed by atoms with Crippen LogP contribution in [0.2, 0.25) is 5.15 Å². The molecule has 0 amide bonds. The molecule has 90 valence electrons. The van der Waals surface area contributed by atoms with Crippen LogP contribution in [-0.2, 0) is 15.9 Å². The second-order valence-corrected chi connectivity index (χ2v) is 3.45. The first kappa shape index (κ1) is 13.2. The summed E-state index contributed by atoms with van der Waals surface area (Å²) < 4.78 is 10.8. The molecule has 0 aliphatic heterocycles. The van der Waals surface area contributed by atoms with Crippen LogP contribution in [-0.4, -0.2) is 29.5 Å². The minimum Gasteiger partial charge on any atom is -0.368 e. The Labute approximate surface area is 99.9 Å². The maximum absolute atomic E-state index is 5.93. The molecule has 0 aliphatic rings. The summed E-state index contributed by atoms with van der Waals surface area (Å²) in [5.41, 5.74) is 6.17. The van der Waals surface area contributed by atoms with E-state index in [1.807, 2.05) is 13.8 Å². The third-order valence-electron chi connectivity index (χ3n) is 1.92. The molecule has 16 heavy (non-hydrogen) atoms. The molecule has 0 radical (unpaired) electrons. The molecule has 6 heteroatoms. The predicted octanol–water partition coefficient (Wildman–Crippen LogP) is 1.65. The van der Waals surface area contributed by atoms with Crippen molar-refractivity contribution in [3.8, 4) is 0 Å². The number of hydrogen-bond acceptors (Lipinski definition) is 5. The topological polar surface area (TPSA) is 70.3 Å². The van der Waals surface area contributed by atoms with E-state index in [2.05, 4.69) is 9.97 Å². The van der Waals surface area contributed by atoms with Crippen molar-refractivity contribution in [2.24, 2.45) is 0 Å². The van der Waals surface area contributed by atoms with Crippen LogP contribution in [0.25, 0.3) is 0 Å². The van der Waals surface area contributed by atoms with Crippen LogP contribution in [0.1, 0.15) is 19.4 Å². The molecule has 0 saturated carbocycles. The minimum atomic E-state index is -0.320. The average Bonchev–Trinajstić information content (AvgIpc) is 2.23. The summed E-state index contributed by atoms with van der Waals surface area (Å²) in [6, 6.07) is 0. The van der Waals surface area contributed by atoms with Crippen molar-refractivity contribution in [2.75, 3.05) is 18.9 Å². The molecule has 0 aliphatic carbocycles. The van der Waals surface area contributed by atoms with Crippen LogP contribution in [0, 0.1) is 0 Å². The molecule has 1 rings (SSSR count). The maximum Gasteiger partial charge on any atom is 0.221 e. The van der Waals surface area contributed by atoms with Crippen LogP contribution in [0.5, 0.6) is 0 Å². The number of halogens is 1. The summed E-state index contributed by atoms with van der Waals surface area (Å²) in [5.74, 6) is 0.165. The monoisotopic (exact) mass is 245 g/mol. The van der Waals surface area contributed by atoms with Gasteiger partial charge in [0.05, 0.1) is 0 Å². The highest BCUT2D eigenvalue weighted by molar-refractivity contribution is 6.30. The van der Waals surface area contributed by atoms with Crippen molar-refractivity contribution in [1.82, 2.24) is 9.97 Å². The van der Waals surface area contributed by atoms with Crippen LogP contribution in [0.3, 0.4) is 0 Å². The van der Waals surface area contributed by atoms with Gasteiger partial charge < -0.3 is 15.2 Å². The number of nitrogens with zero attached hydrogens (tertiary/aromatic N) is 2. The van der Waals surface area contributed by atoms with Crippen LogP contribution >= 0.6 is 11.6 Å². The lowest BCUT2D eigenvalue weighted by Gasteiger charge is -2.16. The lowest BCUT2D eigenvalue weighted by molar-refractivity contribution is -0.134. The van der Waals surface area contributed by atoms with Gasteiger partial charge in [-0.25, -0.2) is 9.97 Å². The molecule has 0 bridgehead atoms. The zero-order valence-electron chi connectivity index (χ0n) is 9.44. The van der Waals surface area contributed by atoms with Crippen molar-refractivity contribution in [3.05, 3.63) is 16.9 Å². The zero-order valence-corrected chi connectivity index (χ0v) is 10.2. The number of anilines is 1. The predicted molar refractivity (Wildman–Crippen MR) is 62.2 cm³/mol. The first-order chi connectivity index (χ1) is 7.67. The molecule has 2 N–H and O–H groups in total. The second kappa shape index (κ2) is 6.62. The Balaban J connectivity index is 2.68. The fourth-order valence-corrected chi connectivity index (χ4v) is 1.47. The van der Waals surface area contributed by atoms with E-state index in [4.69, 9.17) is 26.8 Å². The van der Waals surface area contributed by atoms with E-state index in [1.165, 1.54) is 0 Å². The Bertz CT molecular complexity index is 330. The van der Waals surface area contributed by atoms with E-state index in [0.717, 1.165) is 5.56 Å². The van der Waals surface area contributed by atoms with Crippen LogP contribution < -0.4 is 5.73 Å². The first-order valence-electron chi connectivity index (χ1n) is 5.17. The summed E-state index contributed by atoms with van der Waals surface area (Å²) in [5, 5.41) is 0.344. The molecular formula is C10H16ClN3O2. The van der Waals surface area contributed by atoms with Gasteiger partial charge >= 0.3 is 0 Å². The molecule has 1 aromatic heterocycles. The highest BCUT2D eigenvalue weighted by Gasteiger charge is 2.13. The van der Waals surface area contributed by atoms with Crippen molar-refractivity contribution in [2.45, 2.75) is 26.6 Å². The van der Waals surface area contributed by atoms with Crippen molar-refractivity contribution in [3.63, 3.8) is 0 Å². The lowest BCUT2D eigenvalue weighted by Crippen LogP contribution is -2.20. The number of rotatable bonds is 6. The molecule has 0 atom stereocenters. The van der Waals surface area contributed by atoms with E-state index >= 15 is 0 Å². The highest BCUT2D eigenvalue weighted by Crippen LogP contribution is 2.16. The lowest BCUT2D eigenvalue weighted by atomic mass is 10.2. The quantitative estimate of drug-likeness (QED) is 0.610. The van der Waals surface area contributed by atoms with Gasteiger partial charge in [-0.15, -0.1) is 0 Å². The standard InChI is InChI=1S/C10H16ClN3O2/c1-3-15-8(16-4-2)5-7-6-13-10(12)14-9(7)11/h6,8H,3-5H2,1-2H3,(H2,12,13,14). The number of nitrogens with two attached hydrogens (primary N) is 1. The third-order valence-corrected chi connectivity index (χ3v) is 2.25. The van der Waals surface area contributed by atoms with E-state index in [-0.39, 0.29) is 12.2 Å². The summed E-state index contributed by atoms with van der Waals surface area (Å²) in [6.07, 6.45) is 1.79. The van der Waals surface area contributed by atoms with E-state index in [0.29, 0.717) is 24.8 Å². The SMILES string of the molecule is CCOC(Cc1cnc(N)nc1Cl)OCC. The Kier molecular flexibility index (Phi) is 5.45. The highest BCUT2D eigenvalue weighted by atomic mass is 35.5. The van der Waals surface area contributed by atoms with Gasteiger partial charge in [0, 0.05) is 31.4 Å². The average molecular weight is 246 g/mol. The van der Waals surface area contributed by atoms with Crippen LogP contribution in [0.15, 0.2) is 6.20 Å². The number of ether oxygens (including phenoxy) is 2. The molecule has 5 nitrogen and oxygen atoms in total. The van der Waals surface area contributed by atoms with Gasteiger partial charge in [0.1, 0.15) is 5.15 Å². The largest absolute Gasteiger partial charge is 0.368 e. The van der Waals surface area contributed by atoms with Crippen molar-refractivity contribution < 1.29 is 9.47 Å². The number of nitrogen functional groups attached to an aromatic ring is 1. The molecule has 1 aromatic rings. The fraction of sp³-hybridized carbons (Fsp3) is 0.600. The van der Waals surface area contributed by atoms with Crippen molar-refractivity contribution >= 4 is 17.5 Å². The van der Waals surface area contributed by atoms with Crippen LogP contribution in [0.4, 0.5) is 5.95 Å². The molecule has 0 fully saturated rings. The fourth-order valence-electron chi connectivity index (χ4n) is 1.25. The molecule has 1 heterocycles. The second-order valence-electron chi connectivity index (χ2n) is 3.09. The normalized spacial score (nSPS) is 11.0. The summed E-state index contributed by atoms with van der Waals surface area (Å²) in [4.78, 5) is 7.75. The van der Waals surface area contributed by atoms with Gasteiger partial charge in [0.15, 0.2) is 6.29 Å². The number of hydrogen-bond donors (Lipinski definition) is 1. The van der Waals surface area contributed by atoms with Crippen molar-refractivity contribution in [1.29, 1.82) is 0 Å². The summed E-state index contributed by atoms with van der Waals surface area (Å²) in [7, 11) is 0. The van der Waals surface area contributed by atoms with Gasteiger partial charge in [-0.05, 0) is 13.8 Å². The van der Waals surface area contributed by atoms with Gasteiger partial charge in [-0.1, -0.05) is 11.6 Å². The Morgan fingerprint density at radius 1 is 1.38 bits per heavy atom. The van der Waals surface area contributed by atoms with Gasteiger partial charge in [-0.3, -0.25) is 0 Å². The molecular weight excluding hydrogens is 230 g/mol. The van der Waals surface area contributed by atoms with E-state index in [1.54, 1.807) is 6.20 Å². The Morgan fingerprint density at radius 3 is 2.50 bits per heavy atom. The molecule has 0 spiro atoms. The third kappa shape index (κ3) is 3.92. The molecule has 0 aromatic carbocycles.